The number of nitriles is 1. The van der Waals surface area contributed by atoms with E-state index >= 15 is 0 Å². The Morgan fingerprint density at radius 3 is 2.24 bits per heavy atom. The molecule has 90 valence electrons. The van der Waals surface area contributed by atoms with E-state index in [0.29, 0.717) is 5.56 Å². The number of rotatable bonds is 1. The van der Waals surface area contributed by atoms with E-state index in [1.54, 1.807) is 11.3 Å². The van der Waals surface area contributed by atoms with Gasteiger partial charge in [0.1, 0.15) is 0 Å². The molecule has 1 fully saturated rings. The molecule has 0 aromatic carbocycles. The van der Waals surface area contributed by atoms with Crippen LogP contribution in [0.15, 0.2) is 6.07 Å². The second-order valence-corrected chi connectivity index (χ2v) is 6.62. The third-order valence-corrected chi connectivity index (χ3v) is 4.54. The molecule has 3 nitrogen and oxygen atoms in total. The molecule has 0 bridgehead atoms. The Balaban J connectivity index is 2.36. The summed E-state index contributed by atoms with van der Waals surface area (Å²) in [5.41, 5.74) is -0.0594. The van der Waals surface area contributed by atoms with Crippen molar-refractivity contribution in [2.75, 3.05) is 0 Å². The summed E-state index contributed by atoms with van der Waals surface area (Å²) < 4.78 is 12.8. The first kappa shape index (κ1) is 12.6. The molecule has 0 saturated carbocycles. The maximum Gasteiger partial charge on any atom is 0.506 e. The minimum atomic E-state index is -0.423. The zero-order chi connectivity index (χ0) is 12.8. The summed E-state index contributed by atoms with van der Waals surface area (Å²) in [6.07, 6.45) is 0. The Labute approximate surface area is 106 Å². The predicted molar refractivity (Wildman–Crippen MR) is 69.5 cm³/mol. The Kier molecular flexibility index (Phi) is 2.85. The number of nitrogens with zero attached hydrogens (tertiary/aromatic N) is 1. The lowest BCUT2D eigenvalue weighted by Crippen LogP contribution is -2.41. The maximum absolute atomic E-state index is 9.10. The first-order valence-electron chi connectivity index (χ1n) is 5.63. The molecule has 0 N–H and O–H groups in total. The van der Waals surface area contributed by atoms with Gasteiger partial charge in [0.15, 0.2) is 0 Å². The summed E-state index contributed by atoms with van der Waals surface area (Å²) in [6.45, 7) is 10.0. The van der Waals surface area contributed by atoms with Crippen LogP contribution in [-0.4, -0.2) is 18.3 Å². The third-order valence-electron chi connectivity index (χ3n) is 3.47. The van der Waals surface area contributed by atoms with Crippen LogP contribution < -0.4 is 4.78 Å². The van der Waals surface area contributed by atoms with Crippen LogP contribution in [0, 0.1) is 18.3 Å². The van der Waals surface area contributed by atoms with Crippen molar-refractivity contribution in [3.05, 3.63) is 16.5 Å². The zero-order valence-electron chi connectivity index (χ0n) is 10.8. The molecule has 1 aliphatic rings. The Morgan fingerprint density at radius 2 is 1.76 bits per heavy atom. The van der Waals surface area contributed by atoms with Gasteiger partial charge in [-0.15, -0.1) is 11.3 Å². The third kappa shape index (κ3) is 2.01. The van der Waals surface area contributed by atoms with Crippen LogP contribution in [0.2, 0.25) is 0 Å². The van der Waals surface area contributed by atoms with Crippen LogP contribution >= 0.6 is 11.3 Å². The minimum absolute atomic E-state index is 0.359. The van der Waals surface area contributed by atoms with Gasteiger partial charge in [-0.2, -0.15) is 5.26 Å². The van der Waals surface area contributed by atoms with E-state index in [1.165, 1.54) is 0 Å². The molecule has 0 radical (unpaired) electrons. The first-order chi connectivity index (χ1) is 7.77. The molecule has 1 saturated heterocycles. The van der Waals surface area contributed by atoms with Crippen LogP contribution in [0.25, 0.3) is 0 Å². The summed E-state index contributed by atoms with van der Waals surface area (Å²) in [6, 6.07) is 4.08. The lowest BCUT2D eigenvalue weighted by atomic mass is 9.85. The van der Waals surface area contributed by atoms with Crippen LogP contribution in [-0.2, 0) is 9.31 Å². The second kappa shape index (κ2) is 3.84. The van der Waals surface area contributed by atoms with Gasteiger partial charge in [0.2, 0.25) is 0 Å². The van der Waals surface area contributed by atoms with Gasteiger partial charge < -0.3 is 9.31 Å². The average molecular weight is 249 g/mol. The van der Waals surface area contributed by atoms with Gasteiger partial charge in [0, 0.05) is 4.88 Å². The molecule has 5 heteroatoms. The maximum atomic E-state index is 9.10. The molecule has 0 atom stereocenters. The standard InChI is InChI=1S/C12H16BNO2S/c1-8-6-9(7-14)10(17-8)13-15-11(2,3)12(4,5)16-13/h6H,1-5H3. The molecule has 0 amide bonds. The monoisotopic (exact) mass is 249 g/mol. The van der Waals surface area contributed by atoms with Gasteiger partial charge in [0.05, 0.1) is 27.6 Å². The molecule has 2 rings (SSSR count). The molecular formula is C12H16BNO2S. The van der Waals surface area contributed by atoms with Gasteiger partial charge in [-0.1, -0.05) is 0 Å². The Bertz CT molecular complexity index is 471. The largest absolute Gasteiger partial charge is 0.506 e. The highest BCUT2D eigenvalue weighted by molar-refractivity contribution is 7.22. The fourth-order valence-corrected chi connectivity index (χ4v) is 2.68. The van der Waals surface area contributed by atoms with Gasteiger partial charge >= 0.3 is 7.12 Å². The van der Waals surface area contributed by atoms with Crippen molar-refractivity contribution in [2.24, 2.45) is 0 Å². The van der Waals surface area contributed by atoms with E-state index in [0.717, 1.165) is 9.65 Å². The summed E-state index contributed by atoms with van der Waals surface area (Å²) >= 11 is 1.57. The summed E-state index contributed by atoms with van der Waals surface area (Å²) in [7, 11) is -0.423. The van der Waals surface area contributed by atoms with E-state index in [4.69, 9.17) is 14.6 Å². The van der Waals surface area contributed by atoms with Crippen molar-refractivity contribution in [3.63, 3.8) is 0 Å². The quantitative estimate of drug-likeness (QED) is 0.717. The van der Waals surface area contributed by atoms with E-state index in [9.17, 15) is 0 Å². The van der Waals surface area contributed by atoms with Crippen molar-refractivity contribution >= 4 is 23.2 Å². The lowest BCUT2D eigenvalue weighted by molar-refractivity contribution is 0.00578. The van der Waals surface area contributed by atoms with Gasteiger partial charge in [0.25, 0.3) is 0 Å². The summed E-state index contributed by atoms with van der Waals surface area (Å²) in [4.78, 5) is 1.10. The van der Waals surface area contributed by atoms with E-state index < -0.39 is 7.12 Å². The fourth-order valence-electron chi connectivity index (χ4n) is 1.74. The minimum Gasteiger partial charge on any atom is -0.399 e. The summed E-state index contributed by atoms with van der Waals surface area (Å²) in [5, 5.41) is 9.10. The highest BCUT2D eigenvalue weighted by Gasteiger charge is 2.52. The molecule has 1 aliphatic heterocycles. The highest BCUT2D eigenvalue weighted by Crippen LogP contribution is 2.37. The van der Waals surface area contributed by atoms with E-state index in [2.05, 4.69) is 6.07 Å². The number of hydrogen-bond donors (Lipinski definition) is 0. The van der Waals surface area contributed by atoms with Crippen molar-refractivity contribution in [1.29, 1.82) is 5.26 Å². The molecule has 0 spiro atoms. The van der Waals surface area contributed by atoms with Crippen molar-refractivity contribution in [1.82, 2.24) is 0 Å². The zero-order valence-corrected chi connectivity index (χ0v) is 11.6. The molecule has 2 heterocycles. The highest BCUT2D eigenvalue weighted by atomic mass is 32.1. The fraction of sp³-hybridized carbons (Fsp3) is 0.583. The lowest BCUT2D eigenvalue weighted by Gasteiger charge is -2.32. The molecular weight excluding hydrogens is 233 g/mol. The van der Waals surface area contributed by atoms with Crippen LogP contribution in [0.3, 0.4) is 0 Å². The Hall–Kier alpha value is -0.825. The van der Waals surface area contributed by atoms with Crippen LogP contribution in [0.5, 0.6) is 0 Å². The molecule has 0 unspecified atom stereocenters. The van der Waals surface area contributed by atoms with Crippen molar-refractivity contribution in [3.8, 4) is 6.07 Å². The van der Waals surface area contributed by atoms with Gasteiger partial charge in [-0.25, -0.2) is 0 Å². The summed E-state index contributed by atoms with van der Waals surface area (Å²) in [5.74, 6) is 0. The topological polar surface area (TPSA) is 42.2 Å². The van der Waals surface area contributed by atoms with Crippen LogP contribution in [0.1, 0.15) is 38.1 Å². The molecule has 0 aliphatic carbocycles. The molecule has 1 aromatic heterocycles. The number of thiophene rings is 1. The smallest absolute Gasteiger partial charge is 0.399 e. The Morgan fingerprint density at radius 1 is 1.24 bits per heavy atom. The normalized spacial score (nSPS) is 21.5. The van der Waals surface area contributed by atoms with Crippen molar-refractivity contribution < 1.29 is 9.31 Å². The predicted octanol–water partition coefficient (Wildman–Crippen LogP) is 2.23. The van der Waals surface area contributed by atoms with Crippen molar-refractivity contribution in [2.45, 2.75) is 45.8 Å². The van der Waals surface area contributed by atoms with E-state index in [1.807, 2.05) is 40.7 Å². The second-order valence-electron chi connectivity index (χ2n) is 5.34. The van der Waals surface area contributed by atoms with E-state index in [-0.39, 0.29) is 11.2 Å². The SMILES string of the molecule is Cc1cc(C#N)c(B2OC(C)(C)C(C)(C)O2)s1. The number of hydrogen-bond acceptors (Lipinski definition) is 4. The average Bonchev–Trinajstić information content (AvgIpc) is 2.65. The van der Waals surface area contributed by atoms with Gasteiger partial charge in [-0.3, -0.25) is 0 Å². The first-order valence-corrected chi connectivity index (χ1v) is 6.44. The molecule has 1 aromatic rings. The molecule has 17 heavy (non-hydrogen) atoms. The number of aryl methyl sites for hydroxylation is 1. The van der Waals surface area contributed by atoms with Crippen LogP contribution in [0.4, 0.5) is 0 Å². The van der Waals surface area contributed by atoms with Gasteiger partial charge in [-0.05, 0) is 40.7 Å².